The van der Waals surface area contributed by atoms with E-state index in [1.807, 2.05) is 34.0 Å². The zero-order valence-corrected chi connectivity index (χ0v) is 68.1. The predicted octanol–water partition coefficient (Wildman–Crippen LogP) is 30.8. The number of hydrogen-bond donors (Lipinski definition) is 0. The van der Waals surface area contributed by atoms with Crippen LogP contribution in [0.5, 0.6) is 0 Å². The average Bonchev–Trinajstić information content (AvgIpc) is 1.56. The molecule has 0 N–H and O–H groups in total. The number of pyridine rings is 3. The van der Waals surface area contributed by atoms with Crippen molar-refractivity contribution in [1.82, 2.24) is 41.9 Å². The smallest absolute Gasteiger partial charge is 0.148 e. The van der Waals surface area contributed by atoms with Crippen LogP contribution in [0, 0.1) is 0 Å². The molecule has 123 heavy (non-hydrogen) atoms. The minimum Gasteiger partial charge on any atom is -0.308 e. The Kier molecular flexibility index (Phi) is 14.0. The first-order chi connectivity index (χ1) is 61.1. The normalized spacial score (nSPS) is 12.4. The van der Waals surface area contributed by atoms with Gasteiger partial charge in [-0.2, -0.15) is 0 Å². The van der Waals surface area contributed by atoms with Crippen LogP contribution in [0.4, 0.5) is 0 Å². The first-order valence-electron chi connectivity index (χ1n) is 41.7. The molecular weight excluding hydrogens is 1560 g/mol. The number of hydrogen-bond acceptors (Lipinski definition) is 6. The minimum absolute atomic E-state index is 1.000. The third-order valence-corrected chi connectivity index (χ3v) is 29.5. The summed E-state index contributed by atoms with van der Waals surface area (Å²) < 4.78 is 22.4. The van der Waals surface area contributed by atoms with Crippen LogP contribution >= 0.6 is 34.0 Å². The van der Waals surface area contributed by atoms with Gasteiger partial charge >= 0.3 is 0 Å². The van der Waals surface area contributed by atoms with Gasteiger partial charge in [-0.25, -0.2) is 15.0 Å². The predicted molar refractivity (Wildman–Crippen MR) is 525 cm³/mol. The van der Waals surface area contributed by atoms with E-state index in [2.05, 4.69) is 409 Å². The molecule has 12 aromatic heterocycles. The summed E-state index contributed by atoms with van der Waals surface area (Å²) in [5.41, 5.74) is 23.8. The fraction of sp³-hybridized carbons (Fsp3) is 0. The molecular formula is C111H63N9S3. The van der Waals surface area contributed by atoms with Crippen molar-refractivity contribution in [3.05, 3.63) is 382 Å². The molecule has 18 aromatic carbocycles. The molecule has 0 aliphatic carbocycles. The van der Waals surface area contributed by atoms with E-state index in [0.717, 1.165) is 67.1 Å². The monoisotopic (exact) mass is 1620 g/mol. The number of nitrogens with zero attached hydrogens (tertiary/aromatic N) is 9. The van der Waals surface area contributed by atoms with Crippen molar-refractivity contribution >= 4 is 275 Å². The second-order valence-electron chi connectivity index (χ2n) is 32.3. The first kappa shape index (κ1) is 67.3. The van der Waals surface area contributed by atoms with Crippen LogP contribution < -0.4 is 0 Å². The molecule has 0 radical (unpaired) electrons. The van der Waals surface area contributed by atoms with Crippen LogP contribution in [0.15, 0.2) is 382 Å². The van der Waals surface area contributed by atoms with Crippen molar-refractivity contribution in [2.45, 2.75) is 0 Å². The maximum atomic E-state index is 5.37. The molecule has 0 aliphatic rings. The van der Waals surface area contributed by atoms with E-state index in [1.54, 1.807) is 0 Å². The van der Waals surface area contributed by atoms with Gasteiger partial charge in [0.05, 0.1) is 104 Å². The van der Waals surface area contributed by atoms with Crippen molar-refractivity contribution < 1.29 is 0 Å². The van der Waals surface area contributed by atoms with Gasteiger partial charge in [0.2, 0.25) is 0 Å². The molecule has 0 saturated carbocycles. The molecule has 0 saturated heterocycles. The second-order valence-corrected chi connectivity index (χ2v) is 35.5. The Hall–Kier alpha value is -15.6. The molecule has 30 rings (SSSR count). The van der Waals surface area contributed by atoms with Crippen LogP contribution in [0.3, 0.4) is 0 Å². The second kappa shape index (κ2) is 25.5. The van der Waals surface area contributed by atoms with Crippen LogP contribution in [-0.4, -0.2) is 41.9 Å². The van der Waals surface area contributed by atoms with Crippen LogP contribution in [0.1, 0.15) is 0 Å². The fourth-order valence-corrected chi connectivity index (χ4v) is 24.4. The highest BCUT2D eigenvalue weighted by Crippen LogP contribution is 2.51. The standard InChI is InChI=1S/3C37H21N3S/c1-2-10-22(11-3-1)39-30-15-7-4-12-23(30)26-19-18-25-27-20-28-24-13-5-9-17-33(24)41-34(28)21-32(27)40-31-16-8-6-14-29(31)38-37(40)35(25)36(26)39;1-2-10-22(11-3-1)39-29-15-7-4-12-23(29)25-19-18-24-26-20-21-32-33(27-13-5-9-17-31(27)41-32)35(26)40-30-16-8-6-14-28(30)38-37(40)34(24)36(25)39;1-2-10-22(11-3-1)39-30-15-7-4-12-23(30)26-19-18-25-27-20-21-28-24-13-5-9-17-32(24)41-36(28)35(27)40-31-16-8-6-14-29(31)38-37(40)33(25)34(26)39/h3*1-21H. The van der Waals surface area contributed by atoms with Crippen molar-refractivity contribution in [2.75, 3.05) is 0 Å². The van der Waals surface area contributed by atoms with E-state index in [4.69, 9.17) is 15.0 Å². The molecule has 0 bridgehead atoms. The number of rotatable bonds is 3. The van der Waals surface area contributed by atoms with Gasteiger partial charge in [-0.3, -0.25) is 13.2 Å². The number of thiophene rings is 3. The van der Waals surface area contributed by atoms with Gasteiger partial charge in [-0.15, -0.1) is 34.0 Å². The van der Waals surface area contributed by atoms with Crippen molar-refractivity contribution in [3.8, 4) is 17.1 Å². The van der Waals surface area contributed by atoms with E-state index in [-0.39, 0.29) is 0 Å². The van der Waals surface area contributed by atoms with Crippen LogP contribution in [0.25, 0.3) is 258 Å². The SMILES string of the molecule is c1ccc(-n2c3ccccc3c3ccc4c5cc6c(cc5n5c7ccccc7nc5c4c32)sc2ccccc26)cc1.c1ccc(-n2c3ccccc3c3ccc4c5ccc6c7ccccc7sc6c5n5c6ccccc6nc5c4c32)cc1.c1ccc(-n2c3ccccc3c3ccc4c5ccc6sc7ccccc7c6c5n5c6ccccc6nc5c4c32)cc1. The van der Waals surface area contributed by atoms with E-state index < -0.39 is 0 Å². The van der Waals surface area contributed by atoms with E-state index >= 15 is 0 Å². The number of para-hydroxylation sites is 12. The van der Waals surface area contributed by atoms with Crippen molar-refractivity contribution in [2.24, 2.45) is 0 Å². The zero-order valence-electron chi connectivity index (χ0n) is 65.6. The molecule has 30 aromatic rings. The summed E-state index contributed by atoms with van der Waals surface area (Å²) in [4.78, 5) is 16.1. The minimum atomic E-state index is 1.000. The molecule has 0 spiro atoms. The average molecular weight is 1620 g/mol. The summed E-state index contributed by atoms with van der Waals surface area (Å²) in [6.07, 6.45) is 0. The lowest BCUT2D eigenvalue weighted by molar-refractivity contribution is 1.18. The highest BCUT2D eigenvalue weighted by molar-refractivity contribution is 7.27. The summed E-state index contributed by atoms with van der Waals surface area (Å²) in [6.45, 7) is 0. The summed E-state index contributed by atoms with van der Waals surface area (Å²) in [5.74, 6) is 0. The summed E-state index contributed by atoms with van der Waals surface area (Å²) in [5, 5.41) is 26.3. The van der Waals surface area contributed by atoms with Gasteiger partial charge in [0.1, 0.15) is 16.9 Å². The first-order valence-corrected chi connectivity index (χ1v) is 44.2. The molecule has 12 heterocycles. The van der Waals surface area contributed by atoms with Gasteiger partial charge in [0.15, 0.2) is 0 Å². The zero-order chi connectivity index (χ0) is 80.0. The number of fused-ring (bicyclic) bond motifs is 47. The number of benzene rings is 18. The fourth-order valence-electron chi connectivity index (χ4n) is 21.0. The topological polar surface area (TPSA) is 66.7 Å². The van der Waals surface area contributed by atoms with Gasteiger partial charge in [0, 0.05) is 121 Å². The lowest BCUT2D eigenvalue weighted by Gasteiger charge is -2.14. The highest BCUT2D eigenvalue weighted by Gasteiger charge is 2.28. The van der Waals surface area contributed by atoms with Crippen molar-refractivity contribution in [3.63, 3.8) is 0 Å². The Morgan fingerprint density at radius 3 is 0.984 bits per heavy atom. The van der Waals surface area contributed by atoms with Crippen molar-refractivity contribution in [1.29, 1.82) is 0 Å². The summed E-state index contributed by atoms with van der Waals surface area (Å²) in [6, 6.07) is 138. The molecule has 0 fully saturated rings. The third-order valence-electron chi connectivity index (χ3n) is 26.0. The Bertz CT molecular complexity index is 9700. The largest absolute Gasteiger partial charge is 0.308 e. The maximum absolute atomic E-state index is 5.37. The Balaban J connectivity index is 0.0000000946. The number of imidazole rings is 3. The van der Waals surface area contributed by atoms with E-state index in [1.165, 1.54) is 191 Å². The van der Waals surface area contributed by atoms with Gasteiger partial charge in [-0.05, 0) is 144 Å². The van der Waals surface area contributed by atoms with Gasteiger partial charge < -0.3 is 13.7 Å². The van der Waals surface area contributed by atoms with Crippen LogP contribution in [-0.2, 0) is 0 Å². The summed E-state index contributed by atoms with van der Waals surface area (Å²) >= 11 is 5.61. The van der Waals surface area contributed by atoms with Crippen LogP contribution in [0.2, 0.25) is 0 Å². The lowest BCUT2D eigenvalue weighted by atomic mass is 10.00. The number of aromatic nitrogens is 9. The van der Waals surface area contributed by atoms with E-state index in [9.17, 15) is 0 Å². The summed E-state index contributed by atoms with van der Waals surface area (Å²) in [7, 11) is 0. The Morgan fingerprint density at radius 1 is 0.171 bits per heavy atom. The Morgan fingerprint density at radius 2 is 0.496 bits per heavy atom. The third kappa shape index (κ3) is 9.34. The Labute approximate surface area is 710 Å². The molecule has 0 aliphatic heterocycles. The molecule has 570 valence electrons. The van der Waals surface area contributed by atoms with Gasteiger partial charge in [0.25, 0.3) is 0 Å². The maximum Gasteiger partial charge on any atom is 0.148 e. The molecule has 12 heteroatoms. The molecule has 0 amide bonds. The quantitative estimate of drug-likeness (QED) is 0.166. The molecule has 0 atom stereocenters. The highest BCUT2D eigenvalue weighted by atomic mass is 32.1. The lowest BCUT2D eigenvalue weighted by Crippen LogP contribution is -1.97. The molecule has 0 unspecified atom stereocenters. The van der Waals surface area contributed by atoms with E-state index in [0.29, 0.717) is 0 Å². The molecule has 9 nitrogen and oxygen atoms in total. The van der Waals surface area contributed by atoms with Gasteiger partial charge in [-0.1, -0.05) is 255 Å².